The summed E-state index contributed by atoms with van der Waals surface area (Å²) in [5, 5.41) is 4.76. The number of nitrogens with zero attached hydrogens (tertiary/aromatic N) is 4. The molecular formula is C49H34N4. The van der Waals surface area contributed by atoms with Gasteiger partial charge in [-0.1, -0.05) is 105 Å². The van der Waals surface area contributed by atoms with Gasteiger partial charge in [0.25, 0.3) is 0 Å². The third-order valence-corrected chi connectivity index (χ3v) is 11.4. The Balaban J connectivity index is 1.04. The summed E-state index contributed by atoms with van der Waals surface area (Å²) in [7, 11) is 0. The van der Waals surface area contributed by atoms with Crippen molar-refractivity contribution < 1.29 is 0 Å². The van der Waals surface area contributed by atoms with Crippen LogP contribution in [0.15, 0.2) is 170 Å². The van der Waals surface area contributed by atoms with Crippen molar-refractivity contribution in [1.29, 1.82) is 0 Å². The summed E-state index contributed by atoms with van der Waals surface area (Å²) < 4.78 is 4.66. The van der Waals surface area contributed by atoms with Gasteiger partial charge in [-0.25, -0.2) is 9.97 Å². The molecule has 0 radical (unpaired) electrons. The highest BCUT2D eigenvalue weighted by Crippen LogP contribution is 2.49. The molecule has 0 saturated carbocycles. The predicted octanol–water partition coefficient (Wildman–Crippen LogP) is 12.3. The van der Waals surface area contributed by atoms with E-state index in [-0.39, 0.29) is 5.41 Å². The summed E-state index contributed by atoms with van der Waals surface area (Å²) >= 11 is 0. The van der Waals surface area contributed by atoms with Crippen LogP contribution < -0.4 is 0 Å². The Morgan fingerprint density at radius 2 is 1.19 bits per heavy atom. The van der Waals surface area contributed by atoms with E-state index < -0.39 is 0 Å². The highest BCUT2D eigenvalue weighted by atomic mass is 15.0. The van der Waals surface area contributed by atoms with E-state index in [1.165, 1.54) is 55.0 Å². The average molecular weight is 679 g/mol. The number of aromatic nitrogens is 4. The lowest BCUT2D eigenvalue weighted by molar-refractivity contribution is 0.660. The molecule has 4 heteroatoms. The first kappa shape index (κ1) is 29.9. The fourth-order valence-electron chi connectivity index (χ4n) is 8.73. The molecule has 0 aliphatic heterocycles. The second-order valence-electron chi connectivity index (χ2n) is 14.7. The molecule has 0 bridgehead atoms. The maximum absolute atomic E-state index is 5.30. The molecule has 0 N–H and O–H groups in total. The predicted molar refractivity (Wildman–Crippen MR) is 219 cm³/mol. The van der Waals surface area contributed by atoms with Crippen molar-refractivity contribution in [1.82, 2.24) is 19.1 Å². The van der Waals surface area contributed by atoms with Gasteiger partial charge >= 0.3 is 0 Å². The highest BCUT2D eigenvalue weighted by Gasteiger charge is 2.35. The van der Waals surface area contributed by atoms with Crippen molar-refractivity contribution in [2.45, 2.75) is 19.3 Å². The van der Waals surface area contributed by atoms with Gasteiger partial charge in [0.1, 0.15) is 0 Å². The van der Waals surface area contributed by atoms with Crippen molar-refractivity contribution in [2.75, 3.05) is 0 Å². The lowest BCUT2D eigenvalue weighted by Gasteiger charge is -2.22. The number of para-hydroxylation sites is 3. The summed E-state index contributed by atoms with van der Waals surface area (Å²) in [5.41, 5.74) is 15.0. The minimum atomic E-state index is -0.0906. The van der Waals surface area contributed by atoms with Crippen LogP contribution in [0, 0.1) is 0 Å². The average Bonchev–Trinajstić information content (AvgIpc) is 3.85. The summed E-state index contributed by atoms with van der Waals surface area (Å²) in [6, 6.07) is 58.9. The molecule has 1 aliphatic carbocycles. The van der Waals surface area contributed by atoms with E-state index in [9.17, 15) is 0 Å². The lowest BCUT2D eigenvalue weighted by atomic mass is 9.82. The van der Waals surface area contributed by atoms with Gasteiger partial charge in [-0.3, -0.25) is 0 Å². The molecule has 0 saturated heterocycles. The normalized spacial score (nSPS) is 13.2. The lowest BCUT2D eigenvalue weighted by Crippen LogP contribution is -2.14. The topological polar surface area (TPSA) is 35.6 Å². The Morgan fingerprint density at radius 1 is 0.472 bits per heavy atom. The Labute approximate surface area is 307 Å². The molecule has 3 aromatic heterocycles. The number of hydrogen-bond donors (Lipinski definition) is 0. The van der Waals surface area contributed by atoms with Gasteiger partial charge < -0.3 is 9.13 Å². The van der Waals surface area contributed by atoms with E-state index >= 15 is 0 Å². The maximum Gasteiger partial charge on any atom is 0.160 e. The van der Waals surface area contributed by atoms with E-state index in [0.29, 0.717) is 0 Å². The van der Waals surface area contributed by atoms with Crippen LogP contribution in [0.25, 0.3) is 88.8 Å². The summed E-state index contributed by atoms with van der Waals surface area (Å²) in [6.45, 7) is 4.65. The first-order valence-corrected chi connectivity index (χ1v) is 18.2. The van der Waals surface area contributed by atoms with Gasteiger partial charge in [-0.2, -0.15) is 0 Å². The molecule has 3 heterocycles. The zero-order chi connectivity index (χ0) is 35.3. The third-order valence-electron chi connectivity index (χ3n) is 11.4. The number of benzene rings is 7. The van der Waals surface area contributed by atoms with Crippen molar-refractivity contribution >= 4 is 43.6 Å². The molecule has 4 nitrogen and oxygen atoms in total. The van der Waals surface area contributed by atoms with E-state index in [4.69, 9.17) is 9.97 Å². The molecule has 10 aromatic rings. The van der Waals surface area contributed by atoms with Crippen LogP contribution in [-0.4, -0.2) is 19.1 Å². The SMILES string of the molecule is CC1(C)c2ccccc2-c2ccc(-c3nc(-c4ccc(-n5c6ccccc6c6cc7ccn(-c8ccccc8)c7cc65)cc4)nc4ccccc34)cc21. The standard InChI is InChI=1S/C49H34N4/c1-49(2)41-17-9-6-14-36(41)37-25-22-33(29-42(37)49)47-39-16-7-10-18-43(39)50-48(51-47)31-20-23-35(24-21-31)53-44-19-11-8-15-38(44)40-28-32-26-27-52(45(32)30-46(40)53)34-12-4-3-5-13-34/h3-30H,1-2H3. The summed E-state index contributed by atoms with van der Waals surface area (Å²) in [5.74, 6) is 0.720. The summed E-state index contributed by atoms with van der Waals surface area (Å²) in [4.78, 5) is 10.4. The van der Waals surface area contributed by atoms with Crippen molar-refractivity contribution in [2.24, 2.45) is 0 Å². The first-order valence-electron chi connectivity index (χ1n) is 18.2. The minimum absolute atomic E-state index is 0.0906. The molecule has 1 aliphatic rings. The second-order valence-corrected chi connectivity index (χ2v) is 14.7. The largest absolute Gasteiger partial charge is 0.316 e. The molecule has 0 atom stereocenters. The Bertz CT molecular complexity index is 3070. The molecule has 11 rings (SSSR count). The van der Waals surface area contributed by atoms with Crippen LogP contribution in [0.1, 0.15) is 25.0 Å². The van der Waals surface area contributed by atoms with Crippen molar-refractivity contribution in [3.05, 3.63) is 181 Å². The van der Waals surface area contributed by atoms with Crippen LogP contribution in [-0.2, 0) is 5.41 Å². The van der Waals surface area contributed by atoms with Crippen LogP contribution >= 0.6 is 0 Å². The van der Waals surface area contributed by atoms with Crippen LogP contribution in [0.3, 0.4) is 0 Å². The quantitative estimate of drug-likeness (QED) is 0.186. The monoisotopic (exact) mass is 678 g/mol. The van der Waals surface area contributed by atoms with E-state index in [0.717, 1.165) is 44.9 Å². The van der Waals surface area contributed by atoms with E-state index in [1.54, 1.807) is 0 Å². The van der Waals surface area contributed by atoms with Gasteiger partial charge in [0, 0.05) is 55.7 Å². The van der Waals surface area contributed by atoms with Crippen LogP contribution in [0.2, 0.25) is 0 Å². The number of rotatable bonds is 4. The summed E-state index contributed by atoms with van der Waals surface area (Å²) in [6.07, 6.45) is 2.17. The highest BCUT2D eigenvalue weighted by molar-refractivity contribution is 6.13. The molecule has 0 spiro atoms. The third kappa shape index (κ3) is 4.42. The molecular weight excluding hydrogens is 645 g/mol. The second kappa shape index (κ2) is 11.1. The Kier molecular flexibility index (Phi) is 6.27. The molecule has 0 amide bonds. The first-order chi connectivity index (χ1) is 26.0. The molecule has 0 unspecified atom stereocenters. The van der Waals surface area contributed by atoms with Crippen molar-refractivity contribution in [3.8, 4) is 45.1 Å². The molecule has 0 fully saturated rings. The van der Waals surface area contributed by atoms with Crippen molar-refractivity contribution in [3.63, 3.8) is 0 Å². The van der Waals surface area contributed by atoms with Gasteiger partial charge in [-0.05, 0) is 95.1 Å². The maximum atomic E-state index is 5.30. The Morgan fingerprint density at radius 3 is 2.06 bits per heavy atom. The smallest absolute Gasteiger partial charge is 0.160 e. The Hall–Kier alpha value is -6.78. The van der Waals surface area contributed by atoms with Crippen LogP contribution in [0.5, 0.6) is 0 Å². The zero-order valence-electron chi connectivity index (χ0n) is 29.5. The van der Waals surface area contributed by atoms with Gasteiger partial charge in [-0.15, -0.1) is 0 Å². The molecule has 250 valence electrons. The number of hydrogen-bond acceptors (Lipinski definition) is 2. The minimum Gasteiger partial charge on any atom is -0.316 e. The van der Waals surface area contributed by atoms with E-state index in [2.05, 4.69) is 193 Å². The zero-order valence-corrected chi connectivity index (χ0v) is 29.5. The van der Waals surface area contributed by atoms with Crippen LogP contribution in [0.4, 0.5) is 0 Å². The molecule has 7 aromatic carbocycles. The van der Waals surface area contributed by atoms with Gasteiger partial charge in [0.15, 0.2) is 5.82 Å². The molecule has 53 heavy (non-hydrogen) atoms. The van der Waals surface area contributed by atoms with E-state index in [1.807, 2.05) is 0 Å². The fraction of sp³-hybridized carbons (Fsp3) is 0.0612. The number of fused-ring (bicyclic) bond motifs is 8. The van der Waals surface area contributed by atoms with Gasteiger partial charge in [0.05, 0.1) is 27.8 Å². The fourth-order valence-corrected chi connectivity index (χ4v) is 8.73. The van der Waals surface area contributed by atoms with Gasteiger partial charge in [0.2, 0.25) is 0 Å².